The molecule has 0 radical (unpaired) electrons. The molecule has 0 saturated heterocycles. The number of hydrogen-bond donors (Lipinski definition) is 0. The molecule has 4 nitrogen and oxygen atoms in total. The van der Waals surface area contributed by atoms with Crippen molar-refractivity contribution >= 4 is 12.4 Å². The van der Waals surface area contributed by atoms with E-state index in [9.17, 15) is 0 Å². The fraction of sp³-hybridized carbons (Fsp3) is 0.200. The Morgan fingerprint density at radius 3 is 2.00 bits per heavy atom. The summed E-state index contributed by atoms with van der Waals surface area (Å²) in [6, 6.07) is 6.27. The van der Waals surface area contributed by atoms with E-state index in [1.165, 1.54) is 5.56 Å². The fourth-order valence-electron chi connectivity index (χ4n) is 2.38. The third-order valence-corrected chi connectivity index (χ3v) is 3.38. The molecule has 3 rings (SSSR count). The van der Waals surface area contributed by atoms with Gasteiger partial charge in [-0.3, -0.25) is 0 Å². The van der Waals surface area contributed by atoms with Crippen molar-refractivity contribution in [1.29, 1.82) is 0 Å². The molecule has 0 atom stereocenters. The normalized spacial score (nSPS) is 9.86. The molecule has 0 fully saturated rings. The van der Waals surface area contributed by atoms with E-state index in [1.807, 2.05) is 48.0 Å². The Hall–Kier alpha value is -1.38. The van der Waals surface area contributed by atoms with Crippen molar-refractivity contribution in [2.24, 2.45) is 14.1 Å². The Balaban J connectivity index is 0.00000110. The van der Waals surface area contributed by atoms with Crippen molar-refractivity contribution < 1.29 is 21.1 Å². The van der Waals surface area contributed by atoms with Gasteiger partial charge in [0, 0.05) is 71.1 Å². The SMILES string of the molecule is Cc1cccc(-c2nccn2C)c1-c1nccn1C.Cl.[Pt]. The van der Waals surface area contributed by atoms with Crippen LogP contribution in [0.25, 0.3) is 22.8 Å². The van der Waals surface area contributed by atoms with Crippen LogP contribution in [-0.4, -0.2) is 19.1 Å². The van der Waals surface area contributed by atoms with Gasteiger partial charge in [0.25, 0.3) is 0 Å². The van der Waals surface area contributed by atoms with Gasteiger partial charge in [0.2, 0.25) is 0 Å². The second-order valence-electron chi connectivity index (χ2n) is 4.72. The van der Waals surface area contributed by atoms with Gasteiger partial charge in [-0.2, -0.15) is 0 Å². The third kappa shape index (κ3) is 3.12. The molecule has 21 heavy (non-hydrogen) atoms. The second kappa shape index (κ2) is 7.06. The largest absolute Gasteiger partial charge is 0.334 e. The van der Waals surface area contributed by atoms with E-state index in [4.69, 9.17) is 0 Å². The maximum Gasteiger partial charge on any atom is 0.140 e. The summed E-state index contributed by atoms with van der Waals surface area (Å²) in [5.41, 5.74) is 3.46. The van der Waals surface area contributed by atoms with Crippen molar-refractivity contribution in [1.82, 2.24) is 19.1 Å². The molecule has 6 heteroatoms. The number of nitrogens with zero attached hydrogens (tertiary/aromatic N) is 4. The van der Waals surface area contributed by atoms with Crippen LogP contribution in [-0.2, 0) is 35.2 Å². The van der Waals surface area contributed by atoms with Crippen LogP contribution < -0.4 is 0 Å². The van der Waals surface area contributed by atoms with Crippen LogP contribution in [0.5, 0.6) is 0 Å². The Bertz CT molecular complexity index is 733. The van der Waals surface area contributed by atoms with Gasteiger partial charge in [0.05, 0.1) is 0 Å². The predicted octanol–water partition coefficient (Wildman–Crippen LogP) is 3.22. The minimum atomic E-state index is 0. The van der Waals surface area contributed by atoms with Crippen LogP contribution in [0.2, 0.25) is 0 Å². The molecule has 0 saturated carbocycles. The third-order valence-electron chi connectivity index (χ3n) is 3.38. The number of halogens is 1. The molecule has 2 heterocycles. The van der Waals surface area contributed by atoms with Gasteiger partial charge in [0.15, 0.2) is 0 Å². The van der Waals surface area contributed by atoms with Gasteiger partial charge in [-0.05, 0) is 12.5 Å². The summed E-state index contributed by atoms with van der Waals surface area (Å²) in [5.74, 6) is 1.93. The Morgan fingerprint density at radius 1 is 0.905 bits per heavy atom. The van der Waals surface area contributed by atoms with Gasteiger partial charge in [-0.25, -0.2) is 9.97 Å². The summed E-state index contributed by atoms with van der Waals surface area (Å²) in [6.45, 7) is 2.11. The Labute approximate surface area is 144 Å². The van der Waals surface area contributed by atoms with Crippen LogP contribution >= 0.6 is 12.4 Å². The van der Waals surface area contributed by atoms with Gasteiger partial charge < -0.3 is 9.13 Å². The first-order valence-corrected chi connectivity index (χ1v) is 6.23. The van der Waals surface area contributed by atoms with E-state index in [-0.39, 0.29) is 33.5 Å². The summed E-state index contributed by atoms with van der Waals surface area (Å²) in [5, 5.41) is 0. The van der Waals surface area contributed by atoms with Crippen LogP contribution in [0.1, 0.15) is 5.56 Å². The van der Waals surface area contributed by atoms with E-state index >= 15 is 0 Å². The van der Waals surface area contributed by atoms with E-state index in [2.05, 4.69) is 35.1 Å². The molecule has 0 N–H and O–H groups in total. The van der Waals surface area contributed by atoms with Gasteiger partial charge in [0.1, 0.15) is 11.6 Å². The first-order valence-electron chi connectivity index (χ1n) is 6.23. The number of imidazole rings is 2. The molecular formula is C15H17ClN4Pt. The molecule has 0 aliphatic carbocycles. The summed E-state index contributed by atoms with van der Waals surface area (Å²) in [4.78, 5) is 8.93. The average molecular weight is 484 g/mol. The van der Waals surface area contributed by atoms with Crippen LogP contribution in [0.3, 0.4) is 0 Å². The second-order valence-corrected chi connectivity index (χ2v) is 4.72. The molecule has 3 aromatic rings. The van der Waals surface area contributed by atoms with Crippen molar-refractivity contribution in [2.75, 3.05) is 0 Å². The minimum absolute atomic E-state index is 0. The summed E-state index contributed by atoms with van der Waals surface area (Å²) in [7, 11) is 4.02. The summed E-state index contributed by atoms with van der Waals surface area (Å²) in [6.07, 6.45) is 7.56. The number of hydrogen-bond acceptors (Lipinski definition) is 2. The zero-order chi connectivity index (χ0) is 13.4. The van der Waals surface area contributed by atoms with Crippen LogP contribution in [0, 0.1) is 6.92 Å². The van der Waals surface area contributed by atoms with E-state index in [1.54, 1.807) is 0 Å². The zero-order valence-electron chi connectivity index (χ0n) is 12.1. The topological polar surface area (TPSA) is 35.6 Å². The van der Waals surface area contributed by atoms with Crippen molar-refractivity contribution in [3.05, 3.63) is 48.5 Å². The molecule has 0 amide bonds. The van der Waals surface area contributed by atoms with Crippen molar-refractivity contribution in [3.63, 3.8) is 0 Å². The van der Waals surface area contributed by atoms with Crippen molar-refractivity contribution in [2.45, 2.75) is 6.92 Å². The molecule has 1 aromatic carbocycles. The predicted molar refractivity (Wildman–Crippen MR) is 82.8 cm³/mol. The quantitative estimate of drug-likeness (QED) is 0.561. The van der Waals surface area contributed by atoms with Crippen LogP contribution in [0.4, 0.5) is 0 Å². The molecule has 0 aliphatic rings. The number of aromatic nitrogens is 4. The molecule has 2 aromatic heterocycles. The van der Waals surface area contributed by atoms with Gasteiger partial charge >= 0.3 is 0 Å². The fourth-order valence-corrected chi connectivity index (χ4v) is 2.38. The van der Waals surface area contributed by atoms with E-state index < -0.39 is 0 Å². The number of rotatable bonds is 2. The molecule has 0 spiro atoms. The molecule has 0 bridgehead atoms. The Kier molecular flexibility index (Phi) is 5.94. The molecular weight excluding hydrogens is 467 g/mol. The monoisotopic (exact) mass is 483 g/mol. The number of aryl methyl sites for hydroxylation is 3. The summed E-state index contributed by atoms with van der Waals surface area (Å²) < 4.78 is 4.07. The zero-order valence-corrected chi connectivity index (χ0v) is 15.1. The molecule has 0 aliphatic heterocycles. The van der Waals surface area contributed by atoms with Gasteiger partial charge in [-0.15, -0.1) is 12.4 Å². The van der Waals surface area contributed by atoms with Crippen LogP contribution in [0.15, 0.2) is 43.0 Å². The maximum atomic E-state index is 4.47. The maximum absolute atomic E-state index is 4.47. The van der Waals surface area contributed by atoms with E-state index in [0.717, 1.165) is 22.8 Å². The standard InChI is InChI=1S/C15H16N4.ClH.Pt/c1-11-5-4-6-12(14-16-7-9-18(14)2)13(11)15-17-8-10-19(15)3;;/h4-10H,1-3H3;1H;. The molecule has 0 unspecified atom stereocenters. The number of benzene rings is 1. The minimum Gasteiger partial charge on any atom is -0.334 e. The summed E-state index contributed by atoms with van der Waals surface area (Å²) >= 11 is 0. The van der Waals surface area contributed by atoms with Crippen molar-refractivity contribution in [3.8, 4) is 22.8 Å². The first-order chi connectivity index (χ1) is 9.18. The Morgan fingerprint density at radius 2 is 1.48 bits per heavy atom. The molecule has 114 valence electrons. The van der Waals surface area contributed by atoms with E-state index in [0.29, 0.717) is 0 Å². The first kappa shape index (κ1) is 17.7. The average Bonchev–Trinajstić information content (AvgIpc) is 2.98. The smallest absolute Gasteiger partial charge is 0.140 e. The van der Waals surface area contributed by atoms with Gasteiger partial charge in [-0.1, -0.05) is 18.2 Å².